The van der Waals surface area contributed by atoms with Gasteiger partial charge in [-0.1, -0.05) is 31.2 Å². The fourth-order valence-electron chi connectivity index (χ4n) is 2.92. The van der Waals surface area contributed by atoms with Gasteiger partial charge in [0.1, 0.15) is 11.9 Å². The number of hydrogen-bond donors (Lipinski definition) is 2. The molecule has 0 aliphatic heterocycles. The van der Waals surface area contributed by atoms with Crippen LogP contribution in [0.25, 0.3) is 11.3 Å². The highest BCUT2D eigenvalue weighted by atomic mass is 19.1. The van der Waals surface area contributed by atoms with Gasteiger partial charge in [0.25, 0.3) is 5.56 Å². The van der Waals surface area contributed by atoms with Crippen molar-refractivity contribution in [2.24, 2.45) is 0 Å². The molecule has 2 amide bonds. The van der Waals surface area contributed by atoms with Gasteiger partial charge in [-0.05, 0) is 43.7 Å². The summed E-state index contributed by atoms with van der Waals surface area (Å²) >= 11 is 0. The van der Waals surface area contributed by atoms with E-state index in [1.165, 1.54) is 31.2 Å². The second kappa shape index (κ2) is 9.34. The lowest BCUT2D eigenvalue weighted by Crippen LogP contribution is -2.33. The third kappa shape index (κ3) is 5.03. The van der Waals surface area contributed by atoms with E-state index >= 15 is 0 Å². The lowest BCUT2D eigenvalue weighted by Gasteiger charge is -2.16. The van der Waals surface area contributed by atoms with E-state index in [0.717, 1.165) is 10.2 Å². The van der Waals surface area contributed by atoms with E-state index in [1.54, 1.807) is 25.1 Å². The molecule has 0 fully saturated rings. The summed E-state index contributed by atoms with van der Waals surface area (Å²) in [6.07, 6.45) is 0.349. The summed E-state index contributed by atoms with van der Waals surface area (Å²) in [4.78, 5) is 36.7. The van der Waals surface area contributed by atoms with Gasteiger partial charge in [0.05, 0.1) is 11.4 Å². The van der Waals surface area contributed by atoms with Crippen LogP contribution in [0.15, 0.2) is 59.4 Å². The van der Waals surface area contributed by atoms with Crippen LogP contribution in [0.4, 0.5) is 15.8 Å². The van der Waals surface area contributed by atoms with Crippen molar-refractivity contribution in [2.75, 3.05) is 10.6 Å². The van der Waals surface area contributed by atoms with Crippen LogP contribution in [0.3, 0.4) is 0 Å². The second-order valence-corrected chi connectivity index (χ2v) is 7.08. The molecule has 0 bridgehead atoms. The molecule has 0 radical (unpaired) electrons. The number of hydrogen-bond acceptors (Lipinski definition) is 4. The molecular weight excluding hydrogens is 399 g/mol. The third-order valence-electron chi connectivity index (χ3n) is 4.83. The first kappa shape index (κ1) is 21.9. The fraction of sp³-hybridized carbons (Fsp3) is 0.217. The van der Waals surface area contributed by atoms with Crippen molar-refractivity contribution in [2.45, 2.75) is 33.2 Å². The maximum Gasteiger partial charge on any atom is 0.267 e. The topological polar surface area (TPSA) is 93.1 Å². The molecular formula is C23H23FN4O3. The predicted molar refractivity (Wildman–Crippen MR) is 117 cm³/mol. The standard InChI is InChI=1S/C23H23FN4O3/c1-4-21(29)25-20-13-16(10-9-14(20)2)18-11-12-22(30)28(27-18)15(3)23(31)26-19-8-6-5-7-17(19)24/h5-13,15H,4H2,1-3H3,(H,25,29)(H,26,31)/t15-/m1/s1. The Morgan fingerprint density at radius 3 is 2.52 bits per heavy atom. The monoisotopic (exact) mass is 422 g/mol. The number of anilines is 2. The van der Waals surface area contributed by atoms with Gasteiger partial charge in [0.2, 0.25) is 11.8 Å². The van der Waals surface area contributed by atoms with Gasteiger partial charge in [-0.2, -0.15) is 5.10 Å². The molecule has 3 rings (SSSR count). The average molecular weight is 422 g/mol. The molecule has 0 saturated heterocycles. The highest BCUT2D eigenvalue weighted by Crippen LogP contribution is 2.24. The summed E-state index contributed by atoms with van der Waals surface area (Å²) in [5.41, 5.74) is 2.22. The van der Waals surface area contributed by atoms with Crippen LogP contribution < -0.4 is 16.2 Å². The molecule has 31 heavy (non-hydrogen) atoms. The molecule has 160 valence electrons. The van der Waals surface area contributed by atoms with Crippen molar-refractivity contribution < 1.29 is 14.0 Å². The summed E-state index contributed by atoms with van der Waals surface area (Å²) < 4.78 is 14.9. The number of nitrogens with zero attached hydrogens (tertiary/aromatic N) is 2. The zero-order valence-electron chi connectivity index (χ0n) is 17.5. The number of aryl methyl sites for hydroxylation is 1. The first-order chi connectivity index (χ1) is 14.8. The predicted octanol–water partition coefficient (Wildman–Crippen LogP) is 3.91. The SMILES string of the molecule is CCC(=O)Nc1cc(-c2ccc(=O)n([C@H](C)C(=O)Nc3ccccc3F)n2)ccc1C. The summed E-state index contributed by atoms with van der Waals surface area (Å²) in [7, 11) is 0. The van der Waals surface area contributed by atoms with E-state index in [4.69, 9.17) is 0 Å². The number of carbonyl (C=O) groups excluding carboxylic acids is 2. The minimum atomic E-state index is -0.975. The van der Waals surface area contributed by atoms with Crippen LogP contribution in [-0.4, -0.2) is 21.6 Å². The number of amides is 2. The van der Waals surface area contributed by atoms with Gasteiger partial charge >= 0.3 is 0 Å². The first-order valence-electron chi connectivity index (χ1n) is 9.86. The Bertz CT molecular complexity index is 1190. The number of para-hydroxylation sites is 1. The molecule has 0 unspecified atom stereocenters. The number of carbonyl (C=O) groups is 2. The smallest absolute Gasteiger partial charge is 0.267 e. The number of aromatic nitrogens is 2. The Kier molecular flexibility index (Phi) is 6.59. The quantitative estimate of drug-likeness (QED) is 0.630. The van der Waals surface area contributed by atoms with E-state index in [0.29, 0.717) is 23.4 Å². The van der Waals surface area contributed by atoms with Crippen LogP contribution in [0.1, 0.15) is 31.9 Å². The van der Waals surface area contributed by atoms with Crippen molar-refractivity contribution in [3.8, 4) is 11.3 Å². The third-order valence-corrected chi connectivity index (χ3v) is 4.83. The second-order valence-electron chi connectivity index (χ2n) is 7.08. The number of nitrogens with one attached hydrogen (secondary N) is 2. The molecule has 0 spiro atoms. The van der Waals surface area contributed by atoms with Crippen molar-refractivity contribution in [3.63, 3.8) is 0 Å². The molecule has 1 atom stereocenters. The lowest BCUT2D eigenvalue weighted by molar-refractivity contribution is -0.119. The zero-order chi connectivity index (χ0) is 22.5. The van der Waals surface area contributed by atoms with Crippen molar-refractivity contribution in [1.29, 1.82) is 0 Å². The summed E-state index contributed by atoms with van der Waals surface area (Å²) in [6.45, 7) is 5.15. The Balaban J connectivity index is 1.90. The Labute approximate surface area is 178 Å². The van der Waals surface area contributed by atoms with E-state index in [-0.39, 0.29) is 11.6 Å². The van der Waals surface area contributed by atoms with Crippen molar-refractivity contribution in [1.82, 2.24) is 9.78 Å². The van der Waals surface area contributed by atoms with E-state index in [1.807, 2.05) is 19.1 Å². The normalized spacial score (nSPS) is 11.6. The van der Waals surface area contributed by atoms with Gasteiger partial charge in [0, 0.05) is 23.7 Å². The highest BCUT2D eigenvalue weighted by Gasteiger charge is 2.19. The molecule has 2 N–H and O–H groups in total. The molecule has 3 aromatic rings. The maximum absolute atomic E-state index is 13.8. The van der Waals surface area contributed by atoms with Crippen LogP contribution in [0.2, 0.25) is 0 Å². The largest absolute Gasteiger partial charge is 0.326 e. The van der Waals surface area contributed by atoms with Crippen LogP contribution in [-0.2, 0) is 9.59 Å². The molecule has 2 aromatic carbocycles. The molecule has 1 aromatic heterocycles. The van der Waals surface area contributed by atoms with E-state index < -0.39 is 23.3 Å². The maximum atomic E-state index is 13.8. The number of halogens is 1. The molecule has 0 saturated carbocycles. The first-order valence-corrected chi connectivity index (χ1v) is 9.86. The van der Waals surface area contributed by atoms with Gasteiger partial charge < -0.3 is 10.6 Å². The lowest BCUT2D eigenvalue weighted by atomic mass is 10.1. The summed E-state index contributed by atoms with van der Waals surface area (Å²) in [5.74, 6) is -1.26. The van der Waals surface area contributed by atoms with E-state index in [2.05, 4.69) is 15.7 Å². The van der Waals surface area contributed by atoms with Crippen LogP contribution in [0.5, 0.6) is 0 Å². The summed E-state index contributed by atoms with van der Waals surface area (Å²) in [6, 6.07) is 13.1. The van der Waals surface area contributed by atoms with Gasteiger partial charge in [-0.15, -0.1) is 0 Å². The Hall–Kier alpha value is -3.81. The molecule has 8 heteroatoms. The van der Waals surface area contributed by atoms with Gasteiger partial charge in [-0.3, -0.25) is 14.4 Å². The fourth-order valence-corrected chi connectivity index (χ4v) is 2.92. The number of rotatable bonds is 6. The summed E-state index contributed by atoms with van der Waals surface area (Å²) in [5, 5.41) is 9.65. The van der Waals surface area contributed by atoms with Crippen LogP contribution in [0, 0.1) is 12.7 Å². The molecule has 0 aliphatic carbocycles. The van der Waals surface area contributed by atoms with E-state index in [9.17, 15) is 18.8 Å². The minimum Gasteiger partial charge on any atom is -0.326 e. The minimum absolute atomic E-state index is 0.0263. The molecule has 1 heterocycles. The van der Waals surface area contributed by atoms with Crippen LogP contribution >= 0.6 is 0 Å². The molecule has 7 nitrogen and oxygen atoms in total. The van der Waals surface area contributed by atoms with Gasteiger partial charge in [-0.25, -0.2) is 9.07 Å². The van der Waals surface area contributed by atoms with Gasteiger partial charge in [0.15, 0.2) is 0 Å². The highest BCUT2D eigenvalue weighted by molar-refractivity contribution is 5.93. The molecule has 0 aliphatic rings. The van der Waals surface area contributed by atoms with Crippen molar-refractivity contribution >= 4 is 23.2 Å². The average Bonchev–Trinajstić information content (AvgIpc) is 2.76. The number of benzene rings is 2. The van der Waals surface area contributed by atoms with Crippen molar-refractivity contribution in [3.05, 3.63) is 76.3 Å². The Morgan fingerprint density at radius 1 is 1.06 bits per heavy atom. The zero-order valence-corrected chi connectivity index (χ0v) is 17.5. The Morgan fingerprint density at radius 2 is 1.81 bits per heavy atom.